The number of nitrogens with zero attached hydrogens (tertiary/aromatic N) is 2. The summed E-state index contributed by atoms with van der Waals surface area (Å²) in [5.74, 6) is 0.950. The summed E-state index contributed by atoms with van der Waals surface area (Å²) >= 11 is 0. The summed E-state index contributed by atoms with van der Waals surface area (Å²) in [5, 5.41) is 0. The van der Waals surface area contributed by atoms with Crippen molar-refractivity contribution in [2.24, 2.45) is 0 Å². The fourth-order valence-electron chi connectivity index (χ4n) is 1.52. The number of hydrogen-bond donors (Lipinski definition) is 0. The van der Waals surface area contributed by atoms with Gasteiger partial charge < -0.3 is 4.40 Å². The van der Waals surface area contributed by atoms with E-state index in [9.17, 15) is 4.79 Å². The first kappa shape index (κ1) is 8.94. The molecule has 0 bridgehead atoms. The molecule has 2 heterocycles. The summed E-state index contributed by atoms with van der Waals surface area (Å²) in [7, 11) is 0. The quantitative estimate of drug-likeness (QED) is 0.719. The lowest BCUT2D eigenvalue weighted by atomic mass is 10.2. The van der Waals surface area contributed by atoms with Crippen LogP contribution in [0, 0.1) is 6.92 Å². The average Bonchev–Trinajstić information content (AvgIpc) is 2.47. The Bertz CT molecular complexity index is 485. The molecular formula is C11H12N2O. The molecule has 2 aromatic heterocycles. The Morgan fingerprint density at radius 1 is 1.57 bits per heavy atom. The zero-order valence-corrected chi connectivity index (χ0v) is 8.32. The Labute approximate surface area is 82.4 Å². The van der Waals surface area contributed by atoms with Gasteiger partial charge in [0.25, 0.3) is 0 Å². The lowest BCUT2D eigenvalue weighted by Gasteiger charge is -1.99. The predicted molar refractivity (Wildman–Crippen MR) is 54.3 cm³/mol. The van der Waals surface area contributed by atoms with Crippen molar-refractivity contribution in [2.75, 3.05) is 0 Å². The molecule has 0 fully saturated rings. The molecule has 0 saturated carbocycles. The number of aryl methyl sites for hydroxylation is 1. The third-order valence-electron chi connectivity index (χ3n) is 2.17. The van der Waals surface area contributed by atoms with Crippen LogP contribution >= 0.6 is 0 Å². The number of Topliss-reactive ketones (excluding diaryl/α,β-unsaturated/α-hetero) is 1. The third kappa shape index (κ3) is 1.53. The fraction of sp³-hybridized carbons (Fsp3) is 0.273. The van der Waals surface area contributed by atoms with Crippen LogP contribution < -0.4 is 0 Å². The number of carbonyl (C=O) groups is 1. The number of imidazole rings is 1. The van der Waals surface area contributed by atoms with E-state index in [1.54, 1.807) is 13.1 Å². The van der Waals surface area contributed by atoms with Crippen LogP contribution in [-0.4, -0.2) is 15.2 Å². The third-order valence-corrected chi connectivity index (χ3v) is 2.17. The van der Waals surface area contributed by atoms with Crippen LogP contribution in [0.25, 0.3) is 5.52 Å². The molecule has 0 unspecified atom stereocenters. The summed E-state index contributed by atoms with van der Waals surface area (Å²) < 4.78 is 1.95. The molecule has 0 aliphatic rings. The smallest absolute Gasteiger partial charge is 0.137 e. The van der Waals surface area contributed by atoms with Crippen molar-refractivity contribution in [1.82, 2.24) is 9.38 Å². The molecule has 0 aromatic carbocycles. The number of carbonyl (C=O) groups excluding carboxylic acids is 1. The molecule has 0 saturated heterocycles. The molecule has 0 aliphatic heterocycles. The van der Waals surface area contributed by atoms with E-state index in [0.29, 0.717) is 6.42 Å². The van der Waals surface area contributed by atoms with E-state index in [0.717, 1.165) is 11.3 Å². The van der Waals surface area contributed by atoms with Crippen molar-refractivity contribution < 1.29 is 4.79 Å². The van der Waals surface area contributed by atoms with Crippen molar-refractivity contribution >= 4 is 11.3 Å². The summed E-state index contributed by atoms with van der Waals surface area (Å²) in [5.41, 5.74) is 2.24. The van der Waals surface area contributed by atoms with E-state index >= 15 is 0 Å². The molecule has 0 spiro atoms. The maximum atomic E-state index is 11.0. The fourth-order valence-corrected chi connectivity index (χ4v) is 1.52. The molecule has 14 heavy (non-hydrogen) atoms. The van der Waals surface area contributed by atoms with Crippen molar-refractivity contribution in [3.63, 3.8) is 0 Å². The van der Waals surface area contributed by atoms with Gasteiger partial charge in [0.1, 0.15) is 11.6 Å². The molecule has 3 nitrogen and oxygen atoms in total. The molecular weight excluding hydrogens is 176 g/mol. The summed E-state index contributed by atoms with van der Waals surface area (Å²) in [6, 6.07) is 4.06. The first-order valence-corrected chi connectivity index (χ1v) is 4.59. The SMILES string of the molecule is CC(=O)Cc1ncc2cc(C)ccn12. The van der Waals surface area contributed by atoms with E-state index in [2.05, 4.69) is 11.1 Å². The monoisotopic (exact) mass is 188 g/mol. The zero-order chi connectivity index (χ0) is 10.1. The first-order valence-electron chi connectivity index (χ1n) is 4.59. The van der Waals surface area contributed by atoms with E-state index in [4.69, 9.17) is 0 Å². The van der Waals surface area contributed by atoms with Gasteiger partial charge in [-0.3, -0.25) is 4.79 Å². The second kappa shape index (κ2) is 3.25. The molecule has 72 valence electrons. The number of aromatic nitrogens is 2. The van der Waals surface area contributed by atoms with Crippen LogP contribution in [0.4, 0.5) is 0 Å². The van der Waals surface area contributed by atoms with Gasteiger partial charge in [0, 0.05) is 6.20 Å². The highest BCUT2D eigenvalue weighted by molar-refractivity contribution is 5.77. The van der Waals surface area contributed by atoms with Crippen LogP contribution in [-0.2, 0) is 11.2 Å². The largest absolute Gasteiger partial charge is 0.303 e. The van der Waals surface area contributed by atoms with E-state index in [-0.39, 0.29) is 5.78 Å². The molecule has 0 radical (unpaired) electrons. The van der Waals surface area contributed by atoms with Gasteiger partial charge in [-0.25, -0.2) is 4.98 Å². The lowest BCUT2D eigenvalue weighted by Crippen LogP contribution is -2.01. The molecule has 0 amide bonds. The number of rotatable bonds is 2. The standard InChI is InChI=1S/C11H12N2O/c1-8-3-4-13-10(5-8)7-12-11(13)6-9(2)14/h3-5,7H,6H2,1-2H3. The second-order valence-corrected chi connectivity index (χ2v) is 3.55. The van der Waals surface area contributed by atoms with E-state index in [1.165, 1.54) is 5.56 Å². The normalized spacial score (nSPS) is 10.7. The Morgan fingerprint density at radius 2 is 2.36 bits per heavy atom. The lowest BCUT2D eigenvalue weighted by molar-refractivity contribution is -0.116. The minimum Gasteiger partial charge on any atom is -0.303 e. The van der Waals surface area contributed by atoms with Crippen LogP contribution in [0.1, 0.15) is 18.3 Å². The van der Waals surface area contributed by atoms with Crippen molar-refractivity contribution in [2.45, 2.75) is 20.3 Å². The zero-order valence-electron chi connectivity index (χ0n) is 8.32. The molecule has 0 N–H and O–H groups in total. The second-order valence-electron chi connectivity index (χ2n) is 3.55. The van der Waals surface area contributed by atoms with Gasteiger partial charge in [-0.15, -0.1) is 0 Å². The van der Waals surface area contributed by atoms with Gasteiger partial charge in [-0.2, -0.15) is 0 Å². The molecule has 0 aliphatic carbocycles. The van der Waals surface area contributed by atoms with Gasteiger partial charge in [-0.1, -0.05) is 0 Å². The van der Waals surface area contributed by atoms with E-state index < -0.39 is 0 Å². The first-order chi connectivity index (χ1) is 6.66. The van der Waals surface area contributed by atoms with Crippen LogP contribution in [0.3, 0.4) is 0 Å². The highest BCUT2D eigenvalue weighted by Gasteiger charge is 2.05. The summed E-state index contributed by atoms with van der Waals surface area (Å²) in [4.78, 5) is 15.2. The summed E-state index contributed by atoms with van der Waals surface area (Å²) in [6.45, 7) is 3.62. The average molecular weight is 188 g/mol. The Balaban J connectivity index is 2.52. The molecule has 3 heteroatoms. The van der Waals surface area contributed by atoms with Crippen molar-refractivity contribution in [1.29, 1.82) is 0 Å². The summed E-state index contributed by atoms with van der Waals surface area (Å²) in [6.07, 6.45) is 4.15. The minimum atomic E-state index is 0.137. The van der Waals surface area contributed by atoms with Crippen LogP contribution in [0.15, 0.2) is 24.5 Å². The Morgan fingerprint density at radius 3 is 3.07 bits per heavy atom. The van der Waals surface area contributed by atoms with Gasteiger partial charge in [0.15, 0.2) is 0 Å². The Kier molecular flexibility index (Phi) is 2.08. The van der Waals surface area contributed by atoms with Crippen molar-refractivity contribution in [3.8, 4) is 0 Å². The number of fused-ring (bicyclic) bond motifs is 1. The van der Waals surface area contributed by atoms with Gasteiger partial charge in [0.05, 0.1) is 18.1 Å². The van der Waals surface area contributed by atoms with Gasteiger partial charge in [0.2, 0.25) is 0 Å². The topological polar surface area (TPSA) is 34.4 Å². The molecule has 0 atom stereocenters. The van der Waals surface area contributed by atoms with Crippen LogP contribution in [0.2, 0.25) is 0 Å². The van der Waals surface area contributed by atoms with Gasteiger partial charge >= 0.3 is 0 Å². The number of ketones is 1. The molecule has 2 aromatic rings. The number of hydrogen-bond acceptors (Lipinski definition) is 2. The highest BCUT2D eigenvalue weighted by Crippen LogP contribution is 2.09. The van der Waals surface area contributed by atoms with Gasteiger partial charge in [-0.05, 0) is 31.5 Å². The maximum absolute atomic E-state index is 11.0. The van der Waals surface area contributed by atoms with Crippen molar-refractivity contribution in [3.05, 3.63) is 35.9 Å². The number of pyridine rings is 1. The highest BCUT2D eigenvalue weighted by atomic mass is 16.1. The predicted octanol–water partition coefficient (Wildman–Crippen LogP) is 1.77. The minimum absolute atomic E-state index is 0.137. The molecule has 2 rings (SSSR count). The van der Waals surface area contributed by atoms with E-state index in [1.807, 2.05) is 23.6 Å². The Hall–Kier alpha value is -1.64. The maximum Gasteiger partial charge on any atom is 0.137 e. The van der Waals surface area contributed by atoms with Crippen LogP contribution in [0.5, 0.6) is 0 Å².